The van der Waals surface area contributed by atoms with E-state index in [1.165, 1.54) is 6.07 Å². The third-order valence-corrected chi connectivity index (χ3v) is 4.44. The molecule has 0 saturated carbocycles. The molecule has 0 radical (unpaired) electrons. The lowest BCUT2D eigenvalue weighted by Gasteiger charge is -2.20. The second-order valence-corrected chi connectivity index (χ2v) is 6.68. The minimum Gasteiger partial charge on any atom is -0.508 e. The van der Waals surface area contributed by atoms with Crippen molar-refractivity contribution in [2.24, 2.45) is 17.6 Å². The molecule has 0 fully saturated rings. The topological polar surface area (TPSA) is 86.7 Å². The lowest BCUT2D eigenvalue weighted by Crippen LogP contribution is -2.19. The zero-order valence-corrected chi connectivity index (χ0v) is 14.2. The van der Waals surface area contributed by atoms with Crippen molar-refractivity contribution in [2.75, 3.05) is 6.54 Å². The average molecular weight is 329 g/mol. The molecule has 130 valence electrons. The Morgan fingerprint density at radius 1 is 0.958 bits per heavy atom. The van der Waals surface area contributed by atoms with Gasteiger partial charge in [-0.2, -0.15) is 0 Å². The van der Waals surface area contributed by atoms with Crippen LogP contribution in [0.25, 0.3) is 0 Å². The molecule has 0 aromatic heterocycles. The highest BCUT2D eigenvalue weighted by molar-refractivity contribution is 5.40. The smallest absolute Gasteiger partial charge is 0.157 e. The summed E-state index contributed by atoms with van der Waals surface area (Å²) < 4.78 is 0. The lowest BCUT2D eigenvalue weighted by molar-refractivity contribution is 0.373. The molecule has 2 unspecified atom stereocenters. The molecular weight excluding hydrogens is 302 g/mol. The maximum Gasteiger partial charge on any atom is 0.157 e. The number of hydrogen-bond donors (Lipinski definition) is 4. The van der Waals surface area contributed by atoms with Gasteiger partial charge in [-0.3, -0.25) is 0 Å². The molecule has 0 spiro atoms. The van der Waals surface area contributed by atoms with E-state index < -0.39 is 0 Å². The van der Waals surface area contributed by atoms with Crippen molar-refractivity contribution >= 4 is 0 Å². The summed E-state index contributed by atoms with van der Waals surface area (Å²) >= 11 is 0. The van der Waals surface area contributed by atoms with E-state index in [2.05, 4.69) is 6.92 Å². The number of phenols is 3. The fourth-order valence-electron chi connectivity index (χ4n) is 3.17. The van der Waals surface area contributed by atoms with Gasteiger partial charge in [-0.1, -0.05) is 25.1 Å². The highest BCUT2D eigenvalue weighted by Gasteiger charge is 2.13. The first kappa shape index (κ1) is 18.1. The Hall–Kier alpha value is -2.20. The fourth-order valence-corrected chi connectivity index (χ4v) is 3.17. The number of rotatable bonds is 8. The number of phenolic OH excluding ortho intramolecular Hbond substituents is 3. The van der Waals surface area contributed by atoms with Gasteiger partial charge in [0.15, 0.2) is 11.5 Å². The minimum absolute atomic E-state index is 0.0750. The highest BCUT2D eigenvalue weighted by atomic mass is 16.3. The molecule has 0 aliphatic heterocycles. The van der Waals surface area contributed by atoms with E-state index in [0.29, 0.717) is 24.1 Å². The molecule has 0 saturated heterocycles. The van der Waals surface area contributed by atoms with Gasteiger partial charge in [0.25, 0.3) is 0 Å². The van der Waals surface area contributed by atoms with Gasteiger partial charge in [0.2, 0.25) is 0 Å². The first-order chi connectivity index (χ1) is 11.5. The van der Waals surface area contributed by atoms with Crippen LogP contribution >= 0.6 is 0 Å². The molecule has 0 heterocycles. The number of benzene rings is 2. The van der Waals surface area contributed by atoms with E-state index >= 15 is 0 Å². The van der Waals surface area contributed by atoms with Crippen LogP contribution < -0.4 is 5.73 Å². The van der Waals surface area contributed by atoms with Crippen molar-refractivity contribution in [3.8, 4) is 17.2 Å². The molecular formula is C20H27NO3. The maximum absolute atomic E-state index is 9.56. The van der Waals surface area contributed by atoms with Crippen molar-refractivity contribution in [1.29, 1.82) is 0 Å². The van der Waals surface area contributed by atoms with E-state index in [9.17, 15) is 15.3 Å². The molecule has 0 aliphatic carbocycles. The third-order valence-electron chi connectivity index (χ3n) is 4.44. The van der Waals surface area contributed by atoms with Crippen LogP contribution in [0.4, 0.5) is 0 Å². The van der Waals surface area contributed by atoms with Gasteiger partial charge in [-0.05, 0) is 79.5 Å². The molecule has 2 rings (SSSR count). The Morgan fingerprint density at radius 2 is 1.75 bits per heavy atom. The summed E-state index contributed by atoms with van der Waals surface area (Å²) in [4.78, 5) is 0. The van der Waals surface area contributed by atoms with Gasteiger partial charge in [0, 0.05) is 0 Å². The van der Waals surface area contributed by atoms with Gasteiger partial charge in [-0.25, -0.2) is 0 Å². The van der Waals surface area contributed by atoms with Crippen molar-refractivity contribution in [3.63, 3.8) is 0 Å². The maximum atomic E-state index is 9.56. The summed E-state index contributed by atoms with van der Waals surface area (Å²) in [5, 5.41) is 28.5. The second kappa shape index (κ2) is 8.60. The first-order valence-corrected chi connectivity index (χ1v) is 8.46. The summed E-state index contributed by atoms with van der Waals surface area (Å²) in [5.41, 5.74) is 8.07. The van der Waals surface area contributed by atoms with Gasteiger partial charge in [0.05, 0.1) is 0 Å². The molecule has 0 bridgehead atoms. The van der Waals surface area contributed by atoms with Crippen LogP contribution in [0.15, 0.2) is 42.5 Å². The van der Waals surface area contributed by atoms with Crippen LogP contribution in [0.3, 0.4) is 0 Å². The molecule has 2 aromatic carbocycles. The van der Waals surface area contributed by atoms with E-state index in [-0.39, 0.29) is 11.5 Å². The van der Waals surface area contributed by atoms with Crippen LogP contribution in [0.2, 0.25) is 0 Å². The minimum atomic E-state index is -0.0890. The fraction of sp³-hybridized carbons (Fsp3) is 0.400. The summed E-state index contributed by atoms with van der Waals surface area (Å²) in [7, 11) is 0. The van der Waals surface area contributed by atoms with Crippen LogP contribution in [0.5, 0.6) is 17.2 Å². The van der Waals surface area contributed by atoms with E-state index in [1.807, 2.05) is 24.3 Å². The molecule has 4 heteroatoms. The van der Waals surface area contributed by atoms with Gasteiger partial charge in [-0.15, -0.1) is 0 Å². The summed E-state index contributed by atoms with van der Waals surface area (Å²) in [6.45, 7) is 2.84. The summed E-state index contributed by atoms with van der Waals surface area (Å²) in [5.74, 6) is 1.03. The molecule has 0 amide bonds. The number of aromatic hydroxyl groups is 3. The number of hydrogen-bond acceptors (Lipinski definition) is 4. The largest absolute Gasteiger partial charge is 0.508 e. The predicted octanol–water partition coefficient (Wildman–Crippen LogP) is 3.58. The van der Waals surface area contributed by atoms with Crippen LogP contribution in [0, 0.1) is 11.8 Å². The van der Waals surface area contributed by atoms with Crippen molar-refractivity contribution in [3.05, 3.63) is 53.6 Å². The van der Waals surface area contributed by atoms with Gasteiger partial charge >= 0.3 is 0 Å². The monoisotopic (exact) mass is 329 g/mol. The first-order valence-electron chi connectivity index (χ1n) is 8.46. The van der Waals surface area contributed by atoms with Crippen molar-refractivity contribution in [2.45, 2.75) is 32.6 Å². The summed E-state index contributed by atoms with van der Waals surface area (Å²) in [6, 6.07) is 12.4. The molecule has 2 atom stereocenters. The van der Waals surface area contributed by atoms with Crippen LogP contribution in [0.1, 0.15) is 30.9 Å². The SMILES string of the molecule is CC(Cc1cccc(O)c1)CC(CN)CCc1ccc(O)c(O)c1. The molecule has 24 heavy (non-hydrogen) atoms. The van der Waals surface area contributed by atoms with Crippen molar-refractivity contribution in [1.82, 2.24) is 0 Å². The van der Waals surface area contributed by atoms with E-state index in [1.54, 1.807) is 12.1 Å². The van der Waals surface area contributed by atoms with Gasteiger partial charge < -0.3 is 21.1 Å². The Bertz CT molecular complexity index is 657. The standard InChI is InChI=1S/C20H27NO3/c1-14(9-16-3-2-4-18(22)11-16)10-17(13-21)6-5-15-7-8-19(23)20(24)12-15/h2-4,7-8,11-12,14,17,22-24H,5-6,9-10,13,21H2,1H3. The molecule has 0 aliphatic rings. The Balaban J connectivity index is 1.85. The third kappa shape index (κ3) is 5.46. The van der Waals surface area contributed by atoms with Crippen molar-refractivity contribution < 1.29 is 15.3 Å². The number of aryl methyl sites for hydroxylation is 1. The predicted molar refractivity (Wildman–Crippen MR) is 96.2 cm³/mol. The number of nitrogens with two attached hydrogens (primary N) is 1. The zero-order chi connectivity index (χ0) is 17.5. The van der Waals surface area contributed by atoms with E-state index in [4.69, 9.17) is 5.73 Å². The second-order valence-electron chi connectivity index (χ2n) is 6.68. The summed E-state index contributed by atoms with van der Waals surface area (Å²) in [6.07, 6.45) is 3.72. The average Bonchev–Trinajstić information content (AvgIpc) is 2.54. The quantitative estimate of drug-likeness (QED) is 0.558. The van der Waals surface area contributed by atoms with Gasteiger partial charge in [0.1, 0.15) is 5.75 Å². The Morgan fingerprint density at radius 3 is 2.42 bits per heavy atom. The normalized spacial score (nSPS) is 13.6. The molecule has 2 aromatic rings. The zero-order valence-electron chi connectivity index (χ0n) is 14.2. The van der Waals surface area contributed by atoms with E-state index in [0.717, 1.165) is 36.8 Å². The highest BCUT2D eigenvalue weighted by Crippen LogP contribution is 2.27. The lowest BCUT2D eigenvalue weighted by atomic mass is 9.87. The van der Waals surface area contributed by atoms with Crippen LogP contribution in [-0.2, 0) is 12.8 Å². The molecule has 5 N–H and O–H groups in total. The molecule has 4 nitrogen and oxygen atoms in total. The Labute approximate surface area is 143 Å². The Kier molecular flexibility index (Phi) is 6.50. The van der Waals surface area contributed by atoms with Crippen LogP contribution in [-0.4, -0.2) is 21.9 Å².